The first-order valence-corrected chi connectivity index (χ1v) is 9.66. The summed E-state index contributed by atoms with van der Waals surface area (Å²) in [6.07, 6.45) is 0.384. The lowest BCUT2D eigenvalue weighted by atomic mass is 10.2. The Morgan fingerprint density at radius 3 is 2.58 bits per heavy atom. The molecule has 0 amide bonds. The Balaban J connectivity index is 2.03. The molecule has 26 heavy (non-hydrogen) atoms. The van der Waals surface area contributed by atoms with Gasteiger partial charge in [-0.25, -0.2) is 13.1 Å². The van der Waals surface area contributed by atoms with Crippen LogP contribution in [0.4, 0.5) is 14.5 Å². The predicted octanol–water partition coefficient (Wildman–Crippen LogP) is 2.53. The number of benzene rings is 2. The molecule has 2 aromatic rings. The van der Waals surface area contributed by atoms with Crippen LogP contribution in [0.15, 0.2) is 40.9 Å². The van der Waals surface area contributed by atoms with Crippen molar-refractivity contribution in [3.05, 3.63) is 58.1 Å². The van der Waals surface area contributed by atoms with E-state index in [1.54, 1.807) is 24.3 Å². The molecule has 1 atom stereocenters. The fourth-order valence-corrected chi connectivity index (χ4v) is 4.28. The van der Waals surface area contributed by atoms with Crippen molar-refractivity contribution >= 4 is 38.1 Å². The van der Waals surface area contributed by atoms with Crippen LogP contribution in [0.2, 0.25) is 0 Å². The summed E-state index contributed by atoms with van der Waals surface area (Å²) < 4.78 is 61.0. The molecule has 1 unspecified atom stereocenters. The number of ether oxygens (including phenoxy) is 1. The second kappa shape index (κ2) is 7.29. The first kappa shape index (κ1) is 18.7. The van der Waals surface area contributed by atoms with Crippen molar-refractivity contribution in [3.63, 3.8) is 0 Å². The number of rotatable bonds is 5. The van der Waals surface area contributed by atoms with Crippen LogP contribution >= 0.6 is 15.9 Å². The van der Waals surface area contributed by atoms with Gasteiger partial charge in [0, 0.05) is 0 Å². The highest BCUT2D eigenvalue weighted by molar-refractivity contribution is 9.10. The van der Waals surface area contributed by atoms with Crippen molar-refractivity contribution in [1.82, 2.24) is 4.72 Å². The molecule has 0 spiro atoms. The topological polar surface area (TPSA) is 75.7 Å². The number of nitrogens with one attached hydrogen (secondary N) is 1. The minimum atomic E-state index is -4.21. The second-order valence-electron chi connectivity index (χ2n) is 5.50. The third-order valence-electron chi connectivity index (χ3n) is 3.71. The number of halogens is 3. The minimum Gasteiger partial charge on any atom is -0.487 e. The Hall–Kier alpha value is -2.04. The van der Waals surface area contributed by atoms with E-state index in [4.69, 9.17) is 4.74 Å². The lowest BCUT2D eigenvalue weighted by Gasteiger charge is -2.21. The Kier molecular flexibility index (Phi) is 5.26. The fourth-order valence-electron chi connectivity index (χ4n) is 2.49. The molecule has 0 aliphatic carbocycles. The maximum absolute atomic E-state index is 14.6. The Morgan fingerprint density at radius 2 is 1.96 bits per heavy atom. The van der Waals surface area contributed by atoms with Gasteiger partial charge in [-0.05, 0) is 27.6 Å². The summed E-state index contributed by atoms with van der Waals surface area (Å²) in [6, 6.07) is 9.00. The van der Waals surface area contributed by atoms with Gasteiger partial charge in [0.05, 0.1) is 17.1 Å². The molecule has 1 heterocycles. The van der Waals surface area contributed by atoms with E-state index in [1.165, 1.54) is 0 Å². The van der Waals surface area contributed by atoms with Crippen LogP contribution < -0.4 is 13.8 Å². The average molecular weight is 447 g/mol. The van der Waals surface area contributed by atoms with Crippen LogP contribution in [0, 0.1) is 11.6 Å². The fraction of sp³-hybridized carbons (Fsp3) is 0.188. The van der Waals surface area contributed by atoms with Gasteiger partial charge in [-0.2, -0.15) is 13.1 Å². The SMILES string of the molecule is O=CC1CN(c2c(OCc3ccccc3)cc(Br)c(F)c2F)S(=O)(=O)N1. The number of carbonyl (C=O) groups is 1. The molecule has 10 heteroatoms. The normalized spacial score (nSPS) is 18.7. The van der Waals surface area contributed by atoms with Crippen molar-refractivity contribution in [1.29, 1.82) is 0 Å². The molecule has 0 bridgehead atoms. The first-order valence-electron chi connectivity index (χ1n) is 7.43. The lowest BCUT2D eigenvalue weighted by Crippen LogP contribution is -2.31. The highest BCUT2D eigenvalue weighted by atomic mass is 79.9. The van der Waals surface area contributed by atoms with Gasteiger partial charge >= 0.3 is 10.2 Å². The summed E-state index contributed by atoms with van der Waals surface area (Å²) in [7, 11) is -4.21. The van der Waals surface area contributed by atoms with Crippen molar-refractivity contribution in [3.8, 4) is 5.75 Å². The summed E-state index contributed by atoms with van der Waals surface area (Å²) in [5.41, 5.74) is 0.172. The molecule has 6 nitrogen and oxygen atoms in total. The van der Waals surface area contributed by atoms with Crippen molar-refractivity contribution < 1.29 is 26.7 Å². The molecule has 0 aromatic heterocycles. The third kappa shape index (κ3) is 3.57. The molecule has 138 valence electrons. The largest absolute Gasteiger partial charge is 0.487 e. The van der Waals surface area contributed by atoms with Gasteiger partial charge in [-0.1, -0.05) is 30.3 Å². The monoisotopic (exact) mass is 446 g/mol. The van der Waals surface area contributed by atoms with E-state index in [1.807, 2.05) is 6.07 Å². The number of hydrogen-bond acceptors (Lipinski definition) is 4. The maximum atomic E-state index is 14.6. The summed E-state index contributed by atoms with van der Waals surface area (Å²) >= 11 is 2.89. The van der Waals surface area contributed by atoms with Crippen molar-refractivity contribution in [2.75, 3.05) is 10.8 Å². The number of nitrogens with zero attached hydrogens (tertiary/aromatic N) is 1. The van der Waals surface area contributed by atoms with Gasteiger partial charge in [0.2, 0.25) is 0 Å². The Morgan fingerprint density at radius 1 is 1.27 bits per heavy atom. The highest BCUT2D eigenvalue weighted by Crippen LogP contribution is 2.39. The molecule has 3 rings (SSSR count). The van der Waals surface area contributed by atoms with Crippen molar-refractivity contribution in [2.24, 2.45) is 0 Å². The Bertz CT molecular complexity index is 941. The molecule has 0 radical (unpaired) electrons. The predicted molar refractivity (Wildman–Crippen MR) is 94.1 cm³/mol. The zero-order chi connectivity index (χ0) is 18.9. The molecule has 2 aromatic carbocycles. The molecule has 1 aliphatic heterocycles. The number of aldehydes is 1. The summed E-state index contributed by atoms with van der Waals surface area (Å²) in [6.45, 7) is -0.352. The van der Waals surface area contributed by atoms with E-state index in [-0.39, 0.29) is 23.4 Å². The van der Waals surface area contributed by atoms with Gasteiger partial charge in [0.1, 0.15) is 24.3 Å². The lowest BCUT2D eigenvalue weighted by molar-refractivity contribution is -0.108. The number of hydrogen-bond donors (Lipinski definition) is 1. The van der Waals surface area contributed by atoms with Crippen LogP contribution in [0.25, 0.3) is 0 Å². The molecule has 1 saturated heterocycles. The van der Waals surface area contributed by atoms with Gasteiger partial charge in [-0.15, -0.1) is 0 Å². The van der Waals surface area contributed by atoms with E-state index < -0.39 is 33.6 Å². The van der Waals surface area contributed by atoms with Gasteiger partial charge < -0.3 is 9.53 Å². The Labute approximate surface area is 157 Å². The quantitative estimate of drug-likeness (QED) is 0.565. The van der Waals surface area contributed by atoms with Gasteiger partial charge in [0.15, 0.2) is 11.6 Å². The standard InChI is InChI=1S/C16H13BrF2N2O4S/c17-12-6-13(25-9-10-4-2-1-3-5-10)16(15(19)14(12)18)21-7-11(8-22)20-26(21,23)24/h1-6,8,11,20H,7,9H2. The average Bonchev–Trinajstić information content (AvgIpc) is 2.93. The zero-order valence-corrected chi connectivity index (χ0v) is 15.6. The minimum absolute atomic E-state index is 0.0176. The summed E-state index contributed by atoms with van der Waals surface area (Å²) in [5, 5.41) is 0. The molecule has 0 saturated carbocycles. The van der Waals surface area contributed by atoms with Crippen molar-refractivity contribution in [2.45, 2.75) is 12.6 Å². The summed E-state index contributed by atoms with van der Waals surface area (Å²) in [5.74, 6) is -2.81. The second-order valence-corrected chi connectivity index (χ2v) is 7.98. The van der Waals surface area contributed by atoms with Crippen LogP contribution in [-0.2, 0) is 21.6 Å². The first-order chi connectivity index (χ1) is 12.3. The molecule has 1 fully saturated rings. The van der Waals surface area contributed by atoms with E-state index >= 15 is 0 Å². The summed E-state index contributed by atoms with van der Waals surface area (Å²) in [4.78, 5) is 10.9. The smallest absolute Gasteiger partial charge is 0.302 e. The van der Waals surface area contributed by atoms with Crippen LogP contribution in [-0.4, -0.2) is 27.3 Å². The molecular weight excluding hydrogens is 434 g/mol. The highest BCUT2D eigenvalue weighted by Gasteiger charge is 2.39. The molecule has 1 aliphatic rings. The van der Waals surface area contributed by atoms with E-state index in [0.29, 0.717) is 10.6 Å². The third-order valence-corrected chi connectivity index (χ3v) is 5.79. The number of carbonyl (C=O) groups excluding carboxylic acids is 1. The molecule has 1 N–H and O–H groups in total. The van der Waals surface area contributed by atoms with E-state index in [9.17, 15) is 22.0 Å². The van der Waals surface area contributed by atoms with E-state index in [2.05, 4.69) is 20.7 Å². The van der Waals surface area contributed by atoms with Crippen LogP contribution in [0.3, 0.4) is 0 Å². The van der Waals surface area contributed by atoms with Gasteiger partial charge in [0.25, 0.3) is 0 Å². The van der Waals surface area contributed by atoms with Gasteiger partial charge in [-0.3, -0.25) is 0 Å². The molecular formula is C16H13BrF2N2O4S. The maximum Gasteiger partial charge on any atom is 0.302 e. The van der Waals surface area contributed by atoms with E-state index in [0.717, 1.165) is 11.6 Å². The zero-order valence-electron chi connectivity index (χ0n) is 13.2. The van der Waals surface area contributed by atoms with Crippen LogP contribution in [0.5, 0.6) is 5.75 Å². The van der Waals surface area contributed by atoms with Crippen LogP contribution in [0.1, 0.15) is 5.56 Å². The number of anilines is 1.